The molecular formula is C32H47N3O6. The third-order valence-electron chi connectivity index (χ3n) is 11.3. The summed E-state index contributed by atoms with van der Waals surface area (Å²) in [5, 5.41) is 3.42. The summed E-state index contributed by atoms with van der Waals surface area (Å²) in [5.41, 5.74) is 5.42. The van der Waals surface area contributed by atoms with Crippen LogP contribution < -0.4 is 11.1 Å². The van der Waals surface area contributed by atoms with Crippen molar-refractivity contribution in [3.05, 3.63) is 23.8 Å². The Morgan fingerprint density at radius 1 is 1.22 bits per heavy atom. The van der Waals surface area contributed by atoms with E-state index in [1.54, 1.807) is 13.0 Å². The van der Waals surface area contributed by atoms with Crippen LogP contribution in [0, 0.1) is 29.6 Å². The number of nitrogens with one attached hydrogen (secondary N) is 1. The van der Waals surface area contributed by atoms with Crippen molar-refractivity contribution in [3.8, 4) is 0 Å². The Hall–Kier alpha value is -2.23. The van der Waals surface area contributed by atoms with Gasteiger partial charge in [-0.1, -0.05) is 18.2 Å². The highest BCUT2D eigenvalue weighted by Gasteiger charge is 2.66. The van der Waals surface area contributed by atoms with E-state index in [4.69, 9.17) is 19.9 Å². The lowest BCUT2D eigenvalue weighted by Crippen LogP contribution is -2.64. The molecule has 3 N–H and O–H groups in total. The molecule has 9 heteroatoms. The lowest BCUT2D eigenvalue weighted by atomic mass is 9.58. The van der Waals surface area contributed by atoms with Gasteiger partial charge in [0.2, 0.25) is 5.91 Å². The Labute approximate surface area is 243 Å². The van der Waals surface area contributed by atoms with Gasteiger partial charge in [0.1, 0.15) is 17.3 Å². The molecule has 10 atom stereocenters. The van der Waals surface area contributed by atoms with Crippen molar-refractivity contribution in [1.82, 2.24) is 10.2 Å². The summed E-state index contributed by atoms with van der Waals surface area (Å²) < 4.78 is 19.5. The Balaban J connectivity index is 1.35. The molecule has 5 fully saturated rings. The number of ether oxygens (including phenoxy) is 3. The maximum Gasteiger partial charge on any atom is 0.334 e. The average molecular weight is 570 g/mol. The van der Waals surface area contributed by atoms with Crippen LogP contribution in [0.2, 0.25) is 0 Å². The molecule has 2 aliphatic carbocycles. The minimum absolute atomic E-state index is 0.0718. The van der Waals surface area contributed by atoms with Gasteiger partial charge in [-0.15, -0.1) is 0 Å². The van der Waals surface area contributed by atoms with Crippen molar-refractivity contribution in [2.24, 2.45) is 35.3 Å². The van der Waals surface area contributed by atoms with Gasteiger partial charge in [-0.3, -0.25) is 9.59 Å². The number of nitrogens with two attached hydrogens (primary N) is 1. The number of hydrogen-bond donors (Lipinski definition) is 2. The Bertz CT molecular complexity index is 1120. The topological polar surface area (TPSA) is 120 Å². The standard InChI is InChI=1S/C32H47N3O6/c1-4-19(2)30(38)41-31(3)10-5-7-24(23-15-27(33)34-18-22(23)14-28(36)35-11-6-12-35)32(31)17-21-13-20-8-9-29(37)39-25(20)16-26(21)40-32/h4-5,7,20-27,34H,6,8-18,33H2,1-3H3. The van der Waals surface area contributed by atoms with E-state index in [0.717, 1.165) is 38.8 Å². The largest absolute Gasteiger partial charge is 0.462 e. The quantitative estimate of drug-likeness (QED) is 0.294. The first kappa shape index (κ1) is 28.9. The minimum atomic E-state index is -0.895. The molecule has 0 aromatic carbocycles. The summed E-state index contributed by atoms with van der Waals surface area (Å²) in [6, 6.07) is 0. The number of fused-ring (bicyclic) bond motifs is 2. The van der Waals surface area contributed by atoms with Gasteiger partial charge in [0.05, 0.1) is 12.3 Å². The number of piperidine rings is 1. The van der Waals surface area contributed by atoms with E-state index in [9.17, 15) is 14.4 Å². The van der Waals surface area contributed by atoms with Crippen molar-refractivity contribution in [2.45, 2.75) is 108 Å². The number of allylic oxidation sites excluding steroid dienone is 1. The van der Waals surface area contributed by atoms with Crippen LogP contribution in [0.15, 0.2) is 23.8 Å². The van der Waals surface area contributed by atoms with E-state index >= 15 is 0 Å². The second-order valence-electron chi connectivity index (χ2n) is 13.7. The van der Waals surface area contributed by atoms with Crippen LogP contribution >= 0.6 is 0 Å². The number of carbonyl (C=O) groups is 3. The van der Waals surface area contributed by atoms with Crippen LogP contribution in [0.25, 0.3) is 0 Å². The summed E-state index contributed by atoms with van der Waals surface area (Å²) in [4.78, 5) is 40.5. The maximum atomic E-state index is 13.3. The zero-order valence-electron chi connectivity index (χ0n) is 24.8. The van der Waals surface area contributed by atoms with Crippen LogP contribution in [0.3, 0.4) is 0 Å². The van der Waals surface area contributed by atoms with Crippen LogP contribution in [0.5, 0.6) is 0 Å². The van der Waals surface area contributed by atoms with Crippen molar-refractivity contribution in [2.75, 3.05) is 19.6 Å². The molecule has 4 saturated heterocycles. The predicted molar refractivity (Wildman–Crippen MR) is 152 cm³/mol. The smallest absolute Gasteiger partial charge is 0.334 e. The van der Waals surface area contributed by atoms with Gasteiger partial charge < -0.3 is 30.2 Å². The highest BCUT2D eigenvalue weighted by atomic mass is 16.6. The monoisotopic (exact) mass is 569 g/mol. The van der Waals surface area contributed by atoms with Gasteiger partial charge in [-0.25, -0.2) is 4.79 Å². The molecule has 4 heterocycles. The molecule has 1 spiro atoms. The van der Waals surface area contributed by atoms with Gasteiger partial charge in [0, 0.05) is 56.8 Å². The number of nitrogens with zero attached hydrogens (tertiary/aromatic N) is 1. The summed E-state index contributed by atoms with van der Waals surface area (Å²) >= 11 is 0. The molecule has 6 aliphatic rings. The third-order valence-corrected chi connectivity index (χ3v) is 11.3. The molecular weight excluding hydrogens is 522 g/mol. The summed E-state index contributed by atoms with van der Waals surface area (Å²) in [5.74, 6) is 0.525. The Morgan fingerprint density at radius 3 is 2.76 bits per heavy atom. The number of amides is 1. The van der Waals surface area contributed by atoms with Crippen molar-refractivity contribution < 1.29 is 28.6 Å². The van der Waals surface area contributed by atoms with Crippen LogP contribution in [-0.4, -0.2) is 72.0 Å². The van der Waals surface area contributed by atoms with Crippen LogP contribution in [0.4, 0.5) is 0 Å². The fraction of sp³-hybridized carbons (Fsp3) is 0.781. The fourth-order valence-corrected chi connectivity index (χ4v) is 8.65. The fourth-order valence-electron chi connectivity index (χ4n) is 8.65. The van der Waals surface area contributed by atoms with Gasteiger partial charge in [-0.05, 0) is 76.5 Å². The molecule has 9 nitrogen and oxygen atoms in total. The molecule has 41 heavy (non-hydrogen) atoms. The molecule has 1 amide bonds. The van der Waals surface area contributed by atoms with Gasteiger partial charge >= 0.3 is 11.9 Å². The molecule has 0 bridgehead atoms. The number of hydrogen-bond acceptors (Lipinski definition) is 8. The van der Waals surface area contributed by atoms with Gasteiger partial charge in [0.25, 0.3) is 0 Å². The van der Waals surface area contributed by atoms with E-state index in [1.807, 2.05) is 18.7 Å². The van der Waals surface area contributed by atoms with Crippen molar-refractivity contribution in [1.29, 1.82) is 0 Å². The number of rotatable bonds is 5. The Kier molecular flexibility index (Phi) is 7.83. The zero-order chi connectivity index (χ0) is 28.9. The van der Waals surface area contributed by atoms with Crippen LogP contribution in [-0.2, 0) is 28.6 Å². The summed E-state index contributed by atoms with van der Waals surface area (Å²) in [7, 11) is 0. The molecule has 1 saturated carbocycles. The highest BCUT2D eigenvalue weighted by Crippen LogP contribution is 2.59. The second kappa shape index (κ2) is 11.1. The lowest BCUT2D eigenvalue weighted by molar-refractivity contribution is -0.227. The molecule has 0 aromatic rings. The highest BCUT2D eigenvalue weighted by molar-refractivity contribution is 5.88. The maximum absolute atomic E-state index is 13.3. The summed E-state index contributed by atoms with van der Waals surface area (Å²) in [6.45, 7) is 8.02. The molecule has 10 unspecified atom stereocenters. The Morgan fingerprint density at radius 2 is 2.02 bits per heavy atom. The first-order valence-corrected chi connectivity index (χ1v) is 15.8. The van der Waals surface area contributed by atoms with Crippen molar-refractivity contribution >= 4 is 17.8 Å². The van der Waals surface area contributed by atoms with E-state index in [1.165, 1.54) is 0 Å². The first-order chi connectivity index (χ1) is 19.6. The average Bonchev–Trinajstić information content (AvgIpc) is 3.28. The number of esters is 2. The molecule has 6 rings (SSSR count). The van der Waals surface area contributed by atoms with E-state index in [0.29, 0.717) is 56.1 Å². The molecule has 4 aliphatic heterocycles. The van der Waals surface area contributed by atoms with Crippen LogP contribution in [0.1, 0.15) is 78.6 Å². The zero-order valence-corrected chi connectivity index (χ0v) is 24.8. The van der Waals surface area contributed by atoms with E-state index in [-0.39, 0.29) is 54.0 Å². The van der Waals surface area contributed by atoms with Crippen molar-refractivity contribution in [3.63, 3.8) is 0 Å². The second-order valence-corrected chi connectivity index (χ2v) is 13.7. The molecule has 0 radical (unpaired) electrons. The van der Waals surface area contributed by atoms with Gasteiger partial charge in [-0.2, -0.15) is 0 Å². The van der Waals surface area contributed by atoms with E-state index in [2.05, 4.69) is 17.5 Å². The minimum Gasteiger partial charge on any atom is -0.462 e. The molecule has 226 valence electrons. The first-order valence-electron chi connectivity index (χ1n) is 15.8. The van der Waals surface area contributed by atoms with E-state index < -0.39 is 11.2 Å². The number of carbonyl (C=O) groups excluding carboxylic acids is 3. The molecule has 0 aromatic heterocycles. The summed E-state index contributed by atoms with van der Waals surface area (Å²) in [6.07, 6.45) is 12.4. The lowest BCUT2D eigenvalue weighted by Gasteiger charge is -2.55. The third kappa shape index (κ3) is 5.16. The normalized spacial score (nSPS) is 44.0. The number of likely N-dealkylation sites (tertiary alicyclic amines) is 1. The van der Waals surface area contributed by atoms with Gasteiger partial charge in [0.15, 0.2) is 0 Å². The SMILES string of the molecule is CC=C(C)C(=O)OC1(C)CC=CC(C2CC(N)NCC2CC(=O)N2CCC2)C12CC1CC3CCC(=O)OC3CC1O2. The predicted octanol–water partition coefficient (Wildman–Crippen LogP) is 3.22.